The van der Waals surface area contributed by atoms with Gasteiger partial charge in [-0.15, -0.1) is 0 Å². The summed E-state index contributed by atoms with van der Waals surface area (Å²) in [5.41, 5.74) is 2.16. The molecule has 3 rings (SSSR count). The summed E-state index contributed by atoms with van der Waals surface area (Å²) in [6, 6.07) is 5.56. The van der Waals surface area contributed by atoms with Crippen LogP contribution in [0.2, 0.25) is 0 Å². The first kappa shape index (κ1) is 14.6. The standard InChI is InChI=1S/C17H20N2O3/c1-2-14-17(21)18-8-9-19(14)16(20)6-4-12-3-5-15-13(11-12)7-10-22-15/h3-6,11,14H,2,7-10H2,1H3,(H,18,21)/b6-4+. The van der Waals surface area contributed by atoms with Gasteiger partial charge in [-0.1, -0.05) is 13.0 Å². The first-order valence-corrected chi connectivity index (χ1v) is 7.71. The molecule has 1 fully saturated rings. The zero-order valence-electron chi connectivity index (χ0n) is 12.7. The Morgan fingerprint density at radius 2 is 2.36 bits per heavy atom. The van der Waals surface area contributed by atoms with Gasteiger partial charge in [0.1, 0.15) is 11.8 Å². The largest absolute Gasteiger partial charge is 0.493 e. The van der Waals surface area contributed by atoms with Crippen molar-refractivity contribution in [2.75, 3.05) is 19.7 Å². The second-order valence-corrected chi connectivity index (χ2v) is 5.55. The number of hydrogen-bond acceptors (Lipinski definition) is 3. The van der Waals surface area contributed by atoms with Crippen molar-refractivity contribution in [3.8, 4) is 5.75 Å². The molecule has 0 radical (unpaired) electrons. The maximum atomic E-state index is 12.4. The summed E-state index contributed by atoms with van der Waals surface area (Å²) in [4.78, 5) is 25.8. The van der Waals surface area contributed by atoms with Crippen LogP contribution in [0.3, 0.4) is 0 Å². The molecule has 5 nitrogen and oxygen atoms in total. The third-order valence-corrected chi connectivity index (χ3v) is 4.13. The highest BCUT2D eigenvalue weighted by atomic mass is 16.5. The highest BCUT2D eigenvalue weighted by molar-refractivity contribution is 5.96. The van der Waals surface area contributed by atoms with E-state index in [1.807, 2.05) is 25.1 Å². The van der Waals surface area contributed by atoms with Crippen molar-refractivity contribution in [2.24, 2.45) is 0 Å². The zero-order chi connectivity index (χ0) is 15.5. The van der Waals surface area contributed by atoms with Gasteiger partial charge in [-0.05, 0) is 35.8 Å². The lowest BCUT2D eigenvalue weighted by molar-refractivity contribution is -0.140. The van der Waals surface area contributed by atoms with Crippen LogP contribution < -0.4 is 10.1 Å². The van der Waals surface area contributed by atoms with E-state index in [0.717, 1.165) is 24.3 Å². The summed E-state index contributed by atoms with van der Waals surface area (Å²) in [6.07, 6.45) is 4.90. The summed E-state index contributed by atoms with van der Waals surface area (Å²) in [5, 5.41) is 2.80. The van der Waals surface area contributed by atoms with Crippen LogP contribution in [0, 0.1) is 0 Å². The molecule has 2 heterocycles. The van der Waals surface area contributed by atoms with E-state index in [2.05, 4.69) is 5.32 Å². The van der Waals surface area contributed by atoms with Gasteiger partial charge in [0.25, 0.3) is 0 Å². The van der Waals surface area contributed by atoms with Crippen molar-refractivity contribution in [2.45, 2.75) is 25.8 Å². The Bertz CT molecular complexity index is 624. The van der Waals surface area contributed by atoms with Crippen LogP contribution >= 0.6 is 0 Å². The molecule has 1 saturated heterocycles. The number of ether oxygens (including phenoxy) is 1. The molecule has 0 bridgehead atoms. The number of fused-ring (bicyclic) bond motifs is 1. The van der Waals surface area contributed by atoms with Gasteiger partial charge >= 0.3 is 0 Å². The minimum absolute atomic E-state index is 0.0646. The minimum Gasteiger partial charge on any atom is -0.493 e. The normalized spacial score (nSPS) is 20.7. The maximum Gasteiger partial charge on any atom is 0.247 e. The molecule has 116 valence electrons. The number of carbonyl (C=O) groups is 2. The SMILES string of the molecule is CCC1C(=O)NCCN1C(=O)/C=C/c1ccc2c(c1)CCO2. The molecule has 1 aromatic rings. The van der Waals surface area contributed by atoms with Gasteiger partial charge < -0.3 is 15.0 Å². The summed E-state index contributed by atoms with van der Waals surface area (Å²) in [7, 11) is 0. The van der Waals surface area contributed by atoms with Crippen LogP contribution in [0.4, 0.5) is 0 Å². The van der Waals surface area contributed by atoms with Gasteiger partial charge in [-0.3, -0.25) is 9.59 Å². The van der Waals surface area contributed by atoms with E-state index in [9.17, 15) is 9.59 Å². The van der Waals surface area contributed by atoms with Crippen LogP contribution in [0.25, 0.3) is 6.08 Å². The molecule has 0 aliphatic carbocycles. The Kier molecular flexibility index (Phi) is 4.13. The molecular formula is C17H20N2O3. The van der Waals surface area contributed by atoms with E-state index in [4.69, 9.17) is 4.74 Å². The number of benzene rings is 1. The molecule has 2 aliphatic heterocycles. The van der Waals surface area contributed by atoms with Gasteiger partial charge in [0.15, 0.2) is 0 Å². The van der Waals surface area contributed by atoms with Gasteiger partial charge in [0.2, 0.25) is 11.8 Å². The number of amides is 2. The summed E-state index contributed by atoms with van der Waals surface area (Å²) < 4.78 is 5.47. The Morgan fingerprint density at radius 3 is 3.18 bits per heavy atom. The zero-order valence-corrected chi connectivity index (χ0v) is 12.7. The Balaban J connectivity index is 1.71. The number of hydrogen-bond donors (Lipinski definition) is 1. The molecule has 0 aromatic heterocycles. The molecular weight excluding hydrogens is 280 g/mol. The fraction of sp³-hybridized carbons (Fsp3) is 0.412. The van der Waals surface area contributed by atoms with Crippen LogP contribution in [0.15, 0.2) is 24.3 Å². The average Bonchev–Trinajstić information content (AvgIpc) is 3.00. The lowest BCUT2D eigenvalue weighted by atomic mass is 10.1. The summed E-state index contributed by atoms with van der Waals surface area (Å²) in [6.45, 7) is 3.72. The van der Waals surface area contributed by atoms with Crippen molar-refractivity contribution >= 4 is 17.9 Å². The molecule has 1 unspecified atom stereocenters. The van der Waals surface area contributed by atoms with Crippen LogP contribution in [0.5, 0.6) is 5.75 Å². The maximum absolute atomic E-state index is 12.4. The smallest absolute Gasteiger partial charge is 0.247 e. The fourth-order valence-electron chi connectivity index (χ4n) is 2.96. The van der Waals surface area contributed by atoms with Crippen molar-refractivity contribution in [3.05, 3.63) is 35.4 Å². The predicted octanol–water partition coefficient (Wildman–Crippen LogP) is 1.37. The van der Waals surface area contributed by atoms with E-state index < -0.39 is 0 Å². The van der Waals surface area contributed by atoms with Gasteiger partial charge in [-0.2, -0.15) is 0 Å². The van der Waals surface area contributed by atoms with Gasteiger partial charge in [0.05, 0.1) is 6.61 Å². The lowest BCUT2D eigenvalue weighted by Gasteiger charge is -2.33. The molecule has 1 atom stereocenters. The number of nitrogens with one attached hydrogen (secondary N) is 1. The summed E-state index contributed by atoms with van der Waals surface area (Å²) >= 11 is 0. The first-order valence-electron chi connectivity index (χ1n) is 7.71. The molecule has 2 aliphatic rings. The number of nitrogens with zero attached hydrogens (tertiary/aromatic N) is 1. The quantitative estimate of drug-likeness (QED) is 0.858. The third-order valence-electron chi connectivity index (χ3n) is 4.13. The van der Waals surface area contributed by atoms with E-state index in [-0.39, 0.29) is 17.9 Å². The molecule has 2 amide bonds. The molecule has 1 aromatic carbocycles. The average molecular weight is 300 g/mol. The molecule has 22 heavy (non-hydrogen) atoms. The molecule has 1 N–H and O–H groups in total. The Morgan fingerprint density at radius 1 is 1.50 bits per heavy atom. The van der Waals surface area contributed by atoms with Crippen molar-refractivity contribution < 1.29 is 14.3 Å². The van der Waals surface area contributed by atoms with E-state index in [1.165, 1.54) is 5.56 Å². The van der Waals surface area contributed by atoms with Crippen LogP contribution in [0.1, 0.15) is 24.5 Å². The second kappa shape index (κ2) is 6.22. The molecule has 0 saturated carbocycles. The van der Waals surface area contributed by atoms with Gasteiger partial charge in [-0.25, -0.2) is 0 Å². The van der Waals surface area contributed by atoms with Crippen LogP contribution in [-0.4, -0.2) is 42.5 Å². The lowest BCUT2D eigenvalue weighted by Crippen LogP contribution is -2.56. The predicted molar refractivity (Wildman–Crippen MR) is 83.5 cm³/mol. The number of carbonyl (C=O) groups excluding carboxylic acids is 2. The van der Waals surface area contributed by atoms with Crippen molar-refractivity contribution in [1.29, 1.82) is 0 Å². The molecule has 5 heteroatoms. The first-order chi connectivity index (χ1) is 10.7. The fourth-order valence-corrected chi connectivity index (χ4v) is 2.96. The van der Waals surface area contributed by atoms with E-state index in [1.54, 1.807) is 17.1 Å². The topological polar surface area (TPSA) is 58.6 Å². The minimum atomic E-state index is -0.362. The number of rotatable bonds is 3. The monoisotopic (exact) mass is 300 g/mol. The van der Waals surface area contributed by atoms with Gasteiger partial charge in [0, 0.05) is 25.6 Å². The van der Waals surface area contributed by atoms with Crippen molar-refractivity contribution in [3.63, 3.8) is 0 Å². The van der Waals surface area contributed by atoms with E-state index in [0.29, 0.717) is 19.5 Å². The summed E-state index contributed by atoms with van der Waals surface area (Å²) in [5.74, 6) is 0.755. The van der Waals surface area contributed by atoms with Crippen LogP contribution in [-0.2, 0) is 16.0 Å². The Labute approximate surface area is 129 Å². The number of piperazine rings is 1. The van der Waals surface area contributed by atoms with E-state index >= 15 is 0 Å². The van der Waals surface area contributed by atoms with Crippen molar-refractivity contribution in [1.82, 2.24) is 10.2 Å². The second-order valence-electron chi connectivity index (χ2n) is 5.55. The highest BCUT2D eigenvalue weighted by Gasteiger charge is 2.30. The molecule has 0 spiro atoms. The third kappa shape index (κ3) is 2.84. The Hall–Kier alpha value is -2.30. The highest BCUT2D eigenvalue weighted by Crippen LogP contribution is 2.26.